The van der Waals surface area contributed by atoms with E-state index in [1.165, 1.54) is 18.5 Å². The molecule has 1 aliphatic carbocycles. The van der Waals surface area contributed by atoms with Crippen molar-refractivity contribution in [3.05, 3.63) is 15.9 Å². The van der Waals surface area contributed by atoms with Crippen molar-refractivity contribution in [2.45, 2.75) is 39.7 Å². The Hall–Kier alpha value is -0.350. The zero-order valence-corrected chi connectivity index (χ0v) is 11.0. The van der Waals surface area contributed by atoms with Crippen LogP contribution in [0.15, 0.2) is 4.47 Å². The maximum absolute atomic E-state index is 5.64. The molecule has 1 aromatic rings. The molecule has 0 atom stereocenters. The highest BCUT2D eigenvalue weighted by molar-refractivity contribution is 9.10. The van der Waals surface area contributed by atoms with Crippen LogP contribution in [-0.4, -0.2) is 16.3 Å². The molecule has 0 saturated heterocycles. The Balaban J connectivity index is 2.14. The second-order valence-corrected chi connectivity index (χ2v) is 5.47. The second-order valence-electron chi connectivity index (χ2n) is 4.68. The monoisotopic (exact) mass is 271 g/mol. The second kappa shape index (κ2) is 3.91. The van der Waals surface area contributed by atoms with Gasteiger partial charge in [0.05, 0.1) is 10.2 Å². The van der Waals surface area contributed by atoms with E-state index in [0.29, 0.717) is 5.41 Å². The molecule has 15 heavy (non-hydrogen) atoms. The summed E-state index contributed by atoms with van der Waals surface area (Å²) in [5.74, 6) is 0. The predicted molar refractivity (Wildman–Crippen MR) is 64.7 cm³/mol. The molecular weight excluding hydrogens is 254 g/mol. The minimum atomic E-state index is 0.456. The molecule has 4 heteroatoms. The number of aromatic nitrogens is 2. The molecule has 0 radical (unpaired) electrons. The number of halogens is 1. The molecule has 3 nitrogen and oxygen atoms in total. The van der Waals surface area contributed by atoms with Crippen LogP contribution >= 0.6 is 15.9 Å². The minimum absolute atomic E-state index is 0.456. The molecule has 1 aromatic heterocycles. The Bertz CT molecular complexity index is 366. The predicted octanol–water partition coefficient (Wildman–Crippen LogP) is 2.39. The number of nitrogens with two attached hydrogens (primary N) is 1. The van der Waals surface area contributed by atoms with Gasteiger partial charge in [-0.2, -0.15) is 5.10 Å². The van der Waals surface area contributed by atoms with Crippen LogP contribution in [0.5, 0.6) is 0 Å². The van der Waals surface area contributed by atoms with Gasteiger partial charge in [-0.05, 0) is 61.0 Å². The molecule has 0 amide bonds. The van der Waals surface area contributed by atoms with E-state index in [4.69, 9.17) is 5.73 Å². The van der Waals surface area contributed by atoms with Gasteiger partial charge in [0.25, 0.3) is 0 Å². The molecule has 1 saturated carbocycles. The molecule has 2 rings (SSSR count). The van der Waals surface area contributed by atoms with Crippen molar-refractivity contribution in [3.8, 4) is 0 Å². The Morgan fingerprint density at radius 2 is 2.13 bits per heavy atom. The molecule has 2 N–H and O–H groups in total. The molecule has 1 aliphatic rings. The number of aryl methyl sites for hydroxylation is 1. The van der Waals surface area contributed by atoms with E-state index in [9.17, 15) is 0 Å². The van der Waals surface area contributed by atoms with Gasteiger partial charge >= 0.3 is 0 Å². The van der Waals surface area contributed by atoms with Crippen molar-refractivity contribution in [1.82, 2.24) is 9.78 Å². The van der Waals surface area contributed by atoms with Crippen LogP contribution in [0.4, 0.5) is 0 Å². The van der Waals surface area contributed by atoms with Crippen LogP contribution in [0.1, 0.15) is 30.7 Å². The zero-order valence-electron chi connectivity index (χ0n) is 9.39. The lowest BCUT2D eigenvalue weighted by molar-refractivity contribution is 0.370. The smallest absolute Gasteiger partial charge is 0.0738 e. The third-order valence-electron chi connectivity index (χ3n) is 3.41. The highest BCUT2D eigenvalue weighted by atomic mass is 79.9. The van der Waals surface area contributed by atoms with Gasteiger partial charge in [-0.15, -0.1) is 0 Å². The summed E-state index contributed by atoms with van der Waals surface area (Å²) in [5, 5.41) is 4.55. The normalized spacial score (nSPS) is 18.1. The molecule has 84 valence electrons. The third kappa shape index (κ3) is 2.11. The summed E-state index contributed by atoms with van der Waals surface area (Å²) in [7, 11) is 0. The van der Waals surface area contributed by atoms with Gasteiger partial charge < -0.3 is 5.73 Å². The first-order valence-corrected chi connectivity index (χ1v) is 6.27. The van der Waals surface area contributed by atoms with Gasteiger partial charge in [-0.1, -0.05) is 0 Å². The number of rotatable bonds is 4. The highest BCUT2D eigenvalue weighted by Gasteiger charge is 2.42. The molecule has 0 aliphatic heterocycles. The topological polar surface area (TPSA) is 43.8 Å². The maximum Gasteiger partial charge on any atom is 0.0738 e. The average molecular weight is 272 g/mol. The first-order chi connectivity index (χ1) is 7.08. The van der Waals surface area contributed by atoms with E-state index in [0.717, 1.165) is 29.7 Å². The van der Waals surface area contributed by atoms with Crippen LogP contribution in [0, 0.1) is 19.3 Å². The van der Waals surface area contributed by atoms with Gasteiger partial charge in [-0.3, -0.25) is 4.68 Å². The summed E-state index contributed by atoms with van der Waals surface area (Å²) >= 11 is 3.56. The van der Waals surface area contributed by atoms with E-state index in [-0.39, 0.29) is 0 Å². The fraction of sp³-hybridized carbons (Fsp3) is 0.727. The standard InChI is InChI=1S/C11H18BrN3/c1-8-10(12)9(2)15(14-8)7-11(3-4-11)5-6-13/h3-7,13H2,1-2H3. The van der Waals surface area contributed by atoms with Crippen LogP contribution < -0.4 is 5.73 Å². The maximum atomic E-state index is 5.64. The van der Waals surface area contributed by atoms with Gasteiger partial charge in [0.1, 0.15) is 0 Å². The summed E-state index contributed by atoms with van der Waals surface area (Å²) in [6.45, 7) is 5.97. The average Bonchev–Trinajstić information content (AvgIpc) is 2.90. The fourth-order valence-corrected chi connectivity index (χ4v) is 2.40. The Labute approximate surface area is 99.2 Å². The fourth-order valence-electron chi connectivity index (χ4n) is 2.12. The van der Waals surface area contributed by atoms with Crippen LogP contribution in [-0.2, 0) is 6.54 Å². The van der Waals surface area contributed by atoms with Gasteiger partial charge in [-0.25, -0.2) is 0 Å². The molecule has 0 aromatic carbocycles. The third-order valence-corrected chi connectivity index (χ3v) is 4.56. The van der Waals surface area contributed by atoms with Crippen LogP contribution in [0.3, 0.4) is 0 Å². The largest absolute Gasteiger partial charge is 0.330 e. The van der Waals surface area contributed by atoms with Crippen LogP contribution in [0.25, 0.3) is 0 Å². The van der Waals surface area contributed by atoms with E-state index < -0.39 is 0 Å². The summed E-state index contributed by atoms with van der Waals surface area (Å²) in [4.78, 5) is 0. The summed E-state index contributed by atoms with van der Waals surface area (Å²) in [5.41, 5.74) is 8.41. The lowest BCUT2D eigenvalue weighted by Gasteiger charge is -2.14. The molecule has 0 unspecified atom stereocenters. The number of hydrogen-bond acceptors (Lipinski definition) is 2. The summed E-state index contributed by atoms with van der Waals surface area (Å²) < 4.78 is 3.27. The van der Waals surface area contributed by atoms with Crippen molar-refractivity contribution in [2.75, 3.05) is 6.54 Å². The molecule has 0 spiro atoms. The molecule has 1 heterocycles. The highest BCUT2D eigenvalue weighted by Crippen LogP contribution is 2.50. The van der Waals surface area contributed by atoms with Crippen molar-refractivity contribution < 1.29 is 0 Å². The van der Waals surface area contributed by atoms with Crippen molar-refractivity contribution in [1.29, 1.82) is 0 Å². The van der Waals surface area contributed by atoms with Gasteiger partial charge in [0, 0.05) is 12.2 Å². The lowest BCUT2D eigenvalue weighted by Crippen LogP contribution is -2.17. The quantitative estimate of drug-likeness (QED) is 0.914. The van der Waals surface area contributed by atoms with Crippen molar-refractivity contribution in [3.63, 3.8) is 0 Å². The van der Waals surface area contributed by atoms with Gasteiger partial charge in [0.15, 0.2) is 0 Å². The zero-order chi connectivity index (χ0) is 11.1. The number of hydrogen-bond donors (Lipinski definition) is 1. The molecule has 0 bridgehead atoms. The summed E-state index contributed by atoms with van der Waals surface area (Å²) in [6, 6.07) is 0. The Morgan fingerprint density at radius 1 is 1.47 bits per heavy atom. The van der Waals surface area contributed by atoms with Gasteiger partial charge in [0.2, 0.25) is 0 Å². The Kier molecular flexibility index (Phi) is 2.90. The minimum Gasteiger partial charge on any atom is -0.330 e. The molecular formula is C11H18BrN3. The van der Waals surface area contributed by atoms with Crippen molar-refractivity contribution in [2.24, 2.45) is 11.1 Å². The van der Waals surface area contributed by atoms with E-state index >= 15 is 0 Å². The van der Waals surface area contributed by atoms with E-state index in [1.807, 2.05) is 6.92 Å². The van der Waals surface area contributed by atoms with E-state index in [1.54, 1.807) is 0 Å². The first-order valence-electron chi connectivity index (χ1n) is 5.47. The molecule has 1 fully saturated rings. The van der Waals surface area contributed by atoms with Crippen molar-refractivity contribution >= 4 is 15.9 Å². The van der Waals surface area contributed by atoms with E-state index in [2.05, 4.69) is 32.6 Å². The lowest BCUT2D eigenvalue weighted by atomic mass is 10.0. The first kappa shape index (κ1) is 11.1. The Morgan fingerprint density at radius 3 is 2.53 bits per heavy atom. The number of nitrogens with zero attached hydrogens (tertiary/aromatic N) is 2. The SMILES string of the molecule is Cc1nn(CC2(CCN)CC2)c(C)c1Br. The summed E-state index contributed by atoms with van der Waals surface area (Å²) in [6.07, 6.45) is 3.74. The van der Waals surface area contributed by atoms with Crippen LogP contribution in [0.2, 0.25) is 0 Å².